The van der Waals surface area contributed by atoms with Crippen molar-refractivity contribution in [2.75, 3.05) is 12.4 Å². The van der Waals surface area contributed by atoms with Gasteiger partial charge in [0, 0.05) is 11.1 Å². The molecule has 2 aromatic carbocycles. The largest absolute Gasteiger partial charge is 0.465 e. The molecular weight excluding hydrogens is 348 g/mol. The number of carbonyl (C=O) groups excluding carboxylic acids is 3. The Kier molecular flexibility index (Phi) is 5.16. The molecular formula is C19H18N4O4. The Morgan fingerprint density at radius 1 is 1.11 bits per heavy atom. The van der Waals surface area contributed by atoms with E-state index < -0.39 is 23.8 Å². The maximum absolute atomic E-state index is 12.4. The Balaban J connectivity index is 1.67. The van der Waals surface area contributed by atoms with Crippen molar-refractivity contribution >= 4 is 34.4 Å². The van der Waals surface area contributed by atoms with E-state index in [4.69, 9.17) is 0 Å². The molecule has 3 aromatic rings. The van der Waals surface area contributed by atoms with Gasteiger partial charge in [0.2, 0.25) is 5.91 Å². The van der Waals surface area contributed by atoms with Crippen molar-refractivity contribution in [1.82, 2.24) is 15.5 Å². The van der Waals surface area contributed by atoms with Crippen molar-refractivity contribution in [3.8, 4) is 0 Å². The number of H-pyrrole nitrogens is 1. The number of aromatic amines is 1. The van der Waals surface area contributed by atoms with E-state index in [1.54, 1.807) is 37.3 Å². The number of hydrogen-bond donors (Lipinski definition) is 3. The first-order valence-electron chi connectivity index (χ1n) is 8.23. The van der Waals surface area contributed by atoms with Gasteiger partial charge in [0.15, 0.2) is 5.69 Å². The quantitative estimate of drug-likeness (QED) is 0.599. The number of rotatable bonds is 5. The molecule has 0 radical (unpaired) electrons. The van der Waals surface area contributed by atoms with Crippen molar-refractivity contribution in [2.24, 2.45) is 0 Å². The lowest BCUT2D eigenvalue weighted by Crippen LogP contribution is -2.41. The minimum absolute atomic E-state index is 0.220. The van der Waals surface area contributed by atoms with Crippen LogP contribution in [0.1, 0.15) is 27.8 Å². The van der Waals surface area contributed by atoms with Crippen LogP contribution in [-0.2, 0) is 9.53 Å². The summed E-state index contributed by atoms with van der Waals surface area (Å²) in [6.07, 6.45) is 0. The predicted molar refractivity (Wildman–Crippen MR) is 99.4 cm³/mol. The number of anilines is 1. The first-order valence-corrected chi connectivity index (χ1v) is 8.23. The lowest BCUT2D eigenvalue weighted by molar-refractivity contribution is -0.117. The molecule has 3 N–H and O–H groups in total. The molecule has 2 amide bonds. The summed E-state index contributed by atoms with van der Waals surface area (Å²) in [5.74, 6) is -1.39. The van der Waals surface area contributed by atoms with Crippen LogP contribution in [0.3, 0.4) is 0 Å². The molecule has 8 heteroatoms. The molecule has 1 heterocycles. The van der Waals surface area contributed by atoms with Gasteiger partial charge in [0.05, 0.1) is 18.2 Å². The summed E-state index contributed by atoms with van der Waals surface area (Å²) < 4.78 is 4.65. The standard InChI is InChI=1S/C19H18N4O4/c1-11(17(24)21-13-7-5-6-12(10-13)19(26)27-2)20-18(25)16-14-8-3-4-9-15(14)22-23-16/h3-11H,1-2H3,(H,20,25)(H,21,24)(H,22,23). The zero-order valence-corrected chi connectivity index (χ0v) is 14.8. The Hall–Kier alpha value is -3.68. The SMILES string of the molecule is COC(=O)c1cccc(NC(=O)C(C)NC(=O)c2n[nH]c3ccccc23)c1. The van der Waals surface area contributed by atoms with Crippen molar-refractivity contribution in [2.45, 2.75) is 13.0 Å². The van der Waals surface area contributed by atoms with E-state index in [0.29, 0.717) is 16.6 Å². The number of ether oxygens (including phenoxy) is 1. The third kappa shape index (κ3) is 3.95. The minimum Gasteiger partial charge on any atom is -0.465 e. The summed E-state index contributed by atoms with van der Waals surface area (Å²) in [7, 11) is 1.28. The first kappa shape index (κ1) is 18.1. The number of methoxy groups -OCH3 is 1. The fourth-order valence-corrected chi connectivity index (χ4v) is 2.56. The van der Waals surface area contributed by atoms with Gasteiger partial charge in [-0.25, -0.2) is 4.79 Å². The molecule has 3 rings (SSSR count). The minimum atomic E-state index is -0.810. The Morgan fingerprint density at radius 2 is 1.89 bits per heavy atom. The molecule has 0 bridgehead atoms. The Bertz CT molecular complexity index is 1010. The highest BCUT2D eigenvalue weighted by Gasteiger charge is 2.20. The van der Waals surface area contributed by atoms with Crippen molar-refractivity contribution in [1.29, 1.82) is 0 Å². The second-order valence-corrected chi connectivity index (χ2v) is 5.87. The van der Waals surface area contributed by atoms with Crippen LogP contribution < -0.4 is 10.6 Å². The molecule has 1 aromatic heterocycles. The van der Waals surface area contributed by atoms with Crippen LogP contribution in [0.15, 0.2) is 48.5 Å². The van der Waals surface area contributed by atoms with Gasteiger partial charge < -0.3 is 15.4 Å². The van der Waals surface area contributed by atoms with Crippen molar-refractivity contribution in [3.05, 3.63) is 59.8 Å². The van der Waals surface area contributed by atoms with E-state index in [2.05, 4.69) is 25.6 Å². The summed E-state index contributed by atoms with van der Waals surface area (Å²) in [5, 5.41) is 12.7. The lowest BCUT2D eigenvalue weighted by atomic mass is 10.2. The molecule has 0 spiro atoms. The van der Waals surface area contributed by atoms with Gasteiger partial charge in [-0.3, -0.25) is 14.7 Å². The average molecular weight is 366 g/mol. The third-order valence-corrected chi connectivity index (χ3v) is 3.98. The number of para-hydroxylation sites is 1. The number of fused-ring (bicyclic) bond motifs is 1. The molecule has 1 atom stereocenters. The topological polar surface area (TPSA) is 113 Å². The smallest absolute Gasteiger partial charge is 0.337 e. The number of amides is 2. The zero-order valence-electron chi connectivity index (χ0n) is 14.8. The van der Waals surface area contributed by atoms with Gasteiger partial charge in [-0.05, 0) is 31.2 Å². The van der Waals surface area contributed by atoms with Crippen LogP contribution >= 0.6 is 0 Å². The number of hydrogen-bond acceptors (Lipinski definition) is 5. The van der Waals surface area contributed by atoms with E-state index >= 15 is 0 Å². The van der Waals surface area contributed by atoms with Crippen molar-refractivity contribution in [3.63, 3.8) is 0 Å². The fourth-order valence-electron chi connectivity index (χ4n) is 2.56. The summed E-state index contributed by atoms with van der Waals surface area (Å²) in [6.45, 7) is 1.56. The summed E-state index contributed by atoms with van der Waals surface area (Å²) in [5.41, 5.74) is 1.70. The van der Waals surface area contributed by atoms with Crippen LogP contribution in [-0.4, -0.2) is 41.1 Å². The number of carbonyl (C=O) groups is 3. The number of aromatic nitrogens is 2. The first-order chi connectivity index (χ1) is 13.0. The Morgan fingerprint density at radius 3 is 2.67 bits per heavy atom. The molecule has 8 nitrogen and oxygen atoms in total. The van der Waals surface area contributed by atoms with Gasteiger partial charge in [-0.1, -0.05) is 24.3 Å². The summed E-state index contributed by atoms with van der Waals surface area (Å²) >= 11 is 0. The fraction of sp³-hybridized carbons (Fsp3) is 0.158. The van der Waals surface area contributed by atoms with E-state index in [-0.39, 0.29) is 5.69 Å². The maximum atomic E-state index is 12.4. The molecule has 0 fully saturated rings. The van der Waals surface area contributed by atoms with Crippen molar-refractivity contribution < 1.29 is 19.1 Å². The zero-order chi connectivity index (χ0) is 19.4. The van der Waals surface area contributed by atoms with Gasteiger partial charge in [-0.15, -0.1) is 0 Å². The maximum Gasteiger partial charge on any atom is 0.337 e. The number of nitrogens with zero attached hydrogens (tertiary/aromatic N) is 1. The summed E-state index contributed by atoms with van der Waals surface area (Å²) in [4.78, 5) is 36.4. The van der Waals surface area contributed by atoms with E-state index in [1.807, 2.05) is 12.1 Å². The lowest BCUT2D eigenvalue weighted by Gasteiger charge is -2.14. The Labute approximate surface area is 154 Å². The van der Waals surface area contributed by atoms with E-state index in [0.717, 1.165) is 5.52 Å². The van der Waals surface area contributed by atoms with Gasteiger partial charge >= 0.3 is 5.97 Å². The molecule has 0 aliphatic carbocycles. The van der Waals surface area contributed by atoms with Gasteiger partial charge in [0.1, 0.15) is 6.04 Å². The van der Waals surface area contributed by atoms with Gasteiger partial charge in [-0.2, -0.15) is 5.10 Å². The number of esters is 1. The summed E-state index contributed by atoms with van der Waals surface area (Å²) in [6, 6.07) is 12.8. The molecule has 0 saturated heterocycles. The second-order valence-electron chi connectivity index (χ2n) is 5.87. The van der Waals surface area contributed by atoms with Crippen LogP contribution in [0.5, 0.6) is 0 Å². The third-order valence-electron chi connectivity index (χ3n) is 3.98. The van der Waals surface area contributed by atoms with Gasteiger partial charge in [0.25, 0.3) is 5.91 Å². The monoisotopic (exact) mass is 366 g/mol. The molecule has 138 valence electrons. The molecule has 1 unspecified atom stereocenters. The van der Waals surface area contributed by atoms with E-state index in [1.165, 1.54) is 13.2 Å². The molecule has 0 aliphatic heterocycles. The average Bonchev–Trinajstić information content (AvgIpc) is 3.11. The van der Waals surface area contributed by atoms with E-state index in [9.17, 15) is 14.4 Å². The normalized spacial score (nSPS) is 11.6. The highest BCUT2D eigenvalue weighted by Crippen LogP contribution is 2.15. The highest BCUT2D eigenvalue weighted by molar-refractivity contribution is 6.07. The molecule has 27 heavy (non-hydrogen) atoms. The van der Waals surface area contributed by atoms with Crippen LogP contribution in [0.4, 0.5) is 5.69 Å². The van der Waals surface area contributed by atoms with Crippen LogP contribution in [0.25, 0.3) is 10.9 Å². The van der Waals surface area contributed by atoms with Crippen LogP contribution in [0.2, 0.25) is 0 Å². The van der Waals surface area contributed by atoms with Crippen LogP contribution in [0, 0.1) is 0 Å². The molecule has 0 aliphatic rings. The number of benzene rings is 2. The highest BCUT2D eigenvalue weighted by atomic mass is 16.5. The predicted octanol–water partition coefficient (Wildman–Crippen LogP) is 2.11. The second kappa shape index (κ2) is 7.69. The molecule has 0 saturated carbocycles. The number of nitrogens with one attached hydrogen (secondary N) is 3.